The van der Waals surface area contributed by atoms with Gasteiger partial charge in [0.2, 0.25) is 5.91 Å². The summed E-state index contributed by atoms with van der Waals surface area (Å²) in [6.07, 6.45) is 2.95. The zero-order chi connectivity index (χ0) is 19.6. The number of aliphatic imine (C=N–C) groups is 1. The van der Waals surface area contributed by atoms with Gasteiger partial charge in [-0.15, -0.1) is 35.3 Å². The van der Waals surface area contributed by atoms with Crippen molar-refractivity contribution < 1.29 is 4.79 Å². The molecule has 1 saturated heterocycles. The molecule has 3 rings (SSSR count). The molecule has 1 aliphatic heterocycles. The second-order valence-electron chi connectivity index (χ2n) is 6.87. The Morgan fingerprint density at radius 3 is 2.55 bits per heavy atom. The molecule has 1 aliphatic rings. The zero-order valence-corrected chi connectivity index (χ0v) is 19.9. The quantitative estimate of drug-likeness (QED) is 0.295. The van der Waals surface area contributed by atoms with Gasteiger partial charge in [0.1, 0.15) is 0 Å². The van der Waals surface area contributed by atoms with E-state index in [1.165, 1.54) is 10.6 Å². The molecule has 0 bridgehead atoms. The van der Waals surface area contributed by atoms with Crippen molar-refractivity contribution in [3.8, 4) is 0 Å². The third-order valence-corrected chi connectivity index (χ3v) is 5.80. The number of rotatable bonds is 7. The number of nitrogens with one attached hydrogen (secondary N) is 3. The second-order valence-corrected chi connectivity index (χ2v) is 7.79. The number of nitrogens with zero attached hydrogens (tertiary/aromatic N) is 2. The van der Waals surface area contributed by atoms with Gasteiger partial charge in [-0.05, 0) is 42.3 Å². The number of carbonyl (C=O) groups excluding carboxylic acids is 1. The maximum atomic E-state index is 12.1. The Bertz CT molecular complexity index is 746. The Kier molecular flexibility index (Phi) is 10.3. The Morgan fingerprint density at radius 2 is 1.90 bits per heavy atom. The van der Waals surface area contributed by atoms with Gasteiger partial charge in [-0.3, -0.25) is 9.79 Å². The summed E-state index contributed by atoms with van der Waals surface area (Å²) in [6, 6.07) is 14.8. The van der Waals surface area contributed by atoms with Gasteiger partial charge in [-0.2, -0.15) is 0 Å². The molecule has 8 heteroatoms. The molecule has 0 radical (unpaired) electrons. The lowest BCUT2D eigenvalue weighted by Gasteiger charge is -2.33. The third-order valence-electron chi connectivity index (χ3n) is 4.87. The maximum Gasteiger partial charge on any atom is 0.239 e. The van der Waals surface area contributed by atoms with E-state index in [2.05, 4.69) is 55.5 Å². The van der Waals surface area contributed by atoms with Crippen molar-refractivity contribution in [1.29, 1.82) is 0 Å². The molecule has 0 unspecified atom stereocenters. The van der Waals surface area contributed by atoms with E-state index in [0.29, 0.717) is 18.5 Å². The van der Waals surface area contributed by atoms with Crippen molar-refractivity contribution in [2.24, 2.45) is 4.99 Å². The van der Waals surface area contributed by atoms with Crippen LogP contribution in [0.2, 0.25) is 0 Å². The Balaban J connectivity index is 0.00000300. The molecule has 158 valence electrons. The molecule has 0 saturated carbocycles. The Labute approximate surface area is 194 Å². The zero-order valence-electron chi connectivity index (χ0n) is 16.8. The minimum atomic E-state index is -0.0219. The summed E-state index contributed by atoms with van der Waals surface area (Å²) in [7, 11) is 1.74. The summed E-state index contributed by atoms with van der Waals surface area (Å²) >= 11 is 1.79. The van der Waals surface area contributed by atoms with Crippen molar-refractivity contribution in [3.63, 3.8) is 0 Å². The molecule has 29 heavy (non-hydrogen) atoms. The minimum absolute atomic E-state index is 0. The summed E-state index contributed by atoms with van der Waals surface area (Å²) in [6.45, 7) is 2.94. The smallest absolute Gasteiger partial charge is 0.239 e. The number of hydrogen-bond acceptors (Lipinski definition) is 4. The van der Waals surface area contributed by atoms with E-state index < -0.39 is 0 Å². The minimum Gasteiger partial charge on any atom is -0.363 e. The summed E-state index contributed by atoms with van der Waals surface area (Å²) in [5.41, 5.74) is 1.22. The highest BCUT2D eigenvalue weighted by Gasteiger charge is 2.20. The molecular weight excluding hydrogens is 497 g/mol. The van der Waals surface area contributed by atoms with Crippen molar-refractivity contribution in [3.05, 3.63) is 53.4 Å². The van der Waals surface area contributed by atoms with E-state index in [4.69, 9.17) is 0 Å². The fraction of sp³-hybridized carbons (Fsp3) is 0.429. The van der Waals surface area contributed by atoms with Crippen molar-refractivity contribution in [2.45, 2.75) is 25.3 Å². The molecular formula is C21H30IN5OS. The standard InChI is InChI=1S/C21H29N5OS.HI/c1-22-21(24-16-19(27)23-12-9-17-6-3-2-4-7-17)25-18-10-13-26(14-11-18)20-8-5-15-28-20;/h2-8,15,18H,9-14,16H2,1H3,(H,23,27)(H2,22,24,25);1H. The first kappa shape index (κ1) is 23.5. The van der Waals surface area contributed by atoms with Crippen LogP contribution in [0.5, 0.6) is 0 Å². The highest BCUT2D eigenvalue weighted by atomic mass is 127. The van der Waals surface area contributed by atoms with Crippen molar-refractivity contribution in [1.82, 2.24) is 16.0 Å². The molecule has 1 amide bonds. The first-order valence-corrected chi connectivity index (χ1v) is 10.7. The number of anilines is 1. The topological polar surface area (TPSA) is 68.8 Å². The average molecular weight is 527 g/mol. The van der Waals surface area contributed by atoms with Crippen LogP contribution in [0.3, 0.4) is 0 Å². The number of halogens is 1. The summed E-state index contributed by atoms with van der Waals surface area (Å²) < 4.78 is 0. The number of carbonyl (C=O) groups is 1. The van der Waals surface area contributed by atoms with Crippen LogP contribution >= 0.6 is 35.3 Å². The van der Waals surface area contributed by atoms with Crippen molar-refractivity contribution >= 4 is 52.2 Å². The van der Waals surface area contributed by atoms with Crippen LogP contribution < -0.4 is 20.9 Å². The summed E-state index contributed by atoms with van der Waals surface area (Å²) in [5, 5.41) is 13.0. The van der Waals surface area contributed by atoms with E-state index in [-0.39, 0.29) is 36.4 Å². The van der Waals surface area contributed by atoms with Crippen LogP contribution in [-0.2, 0) is 11.2 Å². The first-order chi connectivity index (χ1) is 13.7. The van der Waals surface area contributed by atoms with E-state index in [1.807, 2.05) is 18.2 Å². The molecule has 1 fully saturated rings. The van der Waals surface area contributed by atoms with Gasteiger partial charge in [0.05, 0.1) is 11.5 Å². The summed E-state index contributed by atoms with van der Waals surface area (Å²) in [4.78, 5) is 18.7. The van der Waals surface area contributed by atoms with Crippen LogP contribution in [0.1, 0.15) is 18.4 Å². The highest BCUT2D eigenvalue weighted by Crippen LogP contribution is 2.24. The number of hydrogen-bond donors (Lipinski definition) is 3. The normalized spacial score (nSPS) is 14.8. The molecule has 6 nitrogen and oxygen atoms in total. The average Bonchev–Trinajstić information content (AvgIpc) is 3.27. The Hall–Kier alpha value is -1.81. The summed E-state index contributed by atoms with van der Waals surface area (Å²) in [5.74, 6) is 0.666. The molecule has 0 spiro atoms. The monoisotopic (exact) mass is 527 g/mol. The van der Waals surface area contributed by atoms with Crippen LogP contribution in [0.4, 0.5) is 5.00 Å². The fourth-order valence-electron chi connectivity index (χ4n) is 3.30. The van der Waals surface area contributed by atoms with Crippen molar-refractivity contribution in [2.75, 3.05) is 38.1 Å². The lowest BCUT2D eigenvalue weighted by Crippen LogP contribution is -2.50. The lowest BCUT2D eigenvalue weighted by molar-refractivity contribution is -0.119. The van der Waals surface area contributed by atoms with E-state index in [9.17, 15) is 4.79 Å². The largest absolute Gasteiger partial charge is 0.363 e. The van der Waals surface area contributed by atoms with Gasteiger partial charge >= 0.3 is 0 Å². The lowest BCUT2D eigenvalue weighted by atomic mass is 10.1. The number of piperidine rings is 1. The van der Waals surface area contributed by atoms with Gasteiger partial charge in [-0.1, -0.05) is 30.3 Å². The fourth-order valence-corrected chi connectivity index (χ4v) is 4.08. The molecule has 3 N–H and O–H groups in total. The van der Waals surface area contributed by atoms with Gasteiger partial charge in [-0.25, -0.2) is 0 Å². The number of guanidine groups is 1. The number of benzene rings is 1. The van der Waals surface area contributed by atoms with Crippen LogP contribution in [-0.4, -0.2) is 51.1 Å². The highest BCUT2D eigenvalue weighted by molar-refractivity contribution is 14.0. The molecule has 0 atom stereocenters. The second kappa shape index (κ2) is 12.7. The van der Waals surface area contributed by atoms with E-state index in [0.717, 1.165) is 32.4 Å². The number of thiophene rings is 1. The molecule has 1 aromatic heterocycles. The first-order valence-electron chi connectivity index (χ1n) is 9.81. The number of amides is 1. The van der Waals surface area contributed by atoms with E-state index in [1.54, 1.807) is 18.4 Å². The molecule has 1 aromatic carbocycles. The van der Waals surface area contributed by atoms with Crippen LogP contribution in [0.15, 0.2) is 52.8 Å². The van der Waals surface area contributed by atoms with Gasteiger partial charge < -0.3 is 20.9 Å². The molecule has 2 aromatic rings. The van der Waals surface area contributed by atoms with Gasteiger partial charge in [0.25, 0.3) is 0 Å². The van der Waals surface area contributed by atoms with Gasteiger partial charge in [0.15, 0.2) is 5.96 Å². The SMILES string of the molecule is CN=C(NCC(=O)NCCc1ccccc1)NC1CCN(c2cccs2)CC1.I. The van der Waals surface area contributed by atoms with E-state index >= 15 is 0 Å². The predicted molar refractivity (Wildman–Crippen MR) is 133 cm³/mol. The van der Waals surface area contributed by atoms with Crippen LogP contribution in [0.25, 0.3) is 0 Å². The van der Waals surface area contributed by atoms with Gasteiger partial charge in [0, 0.05) is 32.7 Å². The maximum absolute atomic E-state index is 12.1. The Morgan fingerprint density at radius 1 is 1.14 bits per heavy atom. The molecule has 0 aliphatic carbocycles. The third kappa shape index (κ3) is 7.85. The molecule has 2 heterocycles. The van der Waals surface area contributed by atoms with Crippen LogP contribution in [0, 0.1) is 0 Å². The predicted octanol–water partition coefficient (Wildman–Crippen LogP) is 2.86.